The quantitative estimate of drug-likeness (QED) is 0.712. The van der Waals surface area contributed by atoms with Crippen molar-refractivity contribution < 1.29 is 4.79 Å². The van der Waals surface area contributed by atoms with Gasteiger partial charge >= 0.3 is 0 Å². The van der Waals surface area contributed by atoms with Crippen molar-refractivity contribution >= 4 is 5.91 Å². The van der Waals surface area contributed by atoms with Crippen LogP contribution in [-0.2, 0) is 17.9 Å². The summed E-state index contributed by atoms with van der Waals surface area (Å²) >= 11 is 0. The molecular weight excluding hydrogens is 340 g/mol. The summed E-state index contributed by atoms with van der Waals surface area (Å²) in [6.07, 6.45) is 11.5. The number of hydrogen-bond donors (Lipinski definition) is 0. The van der Waals surface area contributed by atoms with Crippen molar-refractivity contribution in [1.82, 2.24) is 28.9 Å². The zero-order chi connectivity index (χ0) is 19.2. The number of piperidine rings is 1. The Hall–Kier alpha value is -2.15. The second kappa shape index (κ2) is 9.17. The van der Waals surface area contributed by atoms with E-state index < -0.39 is 0 Å². The molecule has 1 fully saturated rings. The Balaban J connectivity index is 1.55. The van der Waals surface area contributed by atoms with E-state index in [1.807, 2.05) is 28.8 Å². The molecule has 1 amide bonds. The maximum Gasteiger partial charge on any atom is 0.224 e. The standard InChI is InChI=1S/C20H32N6O/c1-17-21-8-14-24(17)13-7-19(27)26-11-4-6-18(16-26)20-22-9-15-25(20)12-5-10-23(2)3/h8-9,14-15,18H,4-7,10-13,16H2,1-3H3/t18-/m0/s1. The average Bonchev–Trinajstić information content (AvgIpc) is 3.28. The van der Waals surface area contributed by atoms with Gasteiger partial charge in [0.2, 0.25) is 5.91 Å². The van der Waals surface area contributed by atoms with Crippen molar-refractivity contribution in [3.8, 4) is 0 Å². The first-order chi connectivity index (χ1) is 13.0. The highest BCUT2D eigenvalue weighted by Gasteiger charge is 2.27. The molecule has 0 aromatic carbocycles. The lowest BCUT2D eigenvalue weighted by molar-refractivity contribution is -0.132. The summed E-state index contributed by atoms with van der Waals surface area (Å²) in [5, 5.41) is 0. The lowest BCUT2D eigenvalue weighted by Gasteiger charge is -2.33. The van der Waals surface area contributed by atoms with Crippen molar-refractivity contribution in [3.05, 3.63) is 36.4 Å². The molecule has 1 atom stereocenters. The van der Waals surface area contributed by atoms with Gasteiger partial charge in [-0.2, -0.15) is 0 Å². The van der Waals surface area contributed by atoms with Gasteiger partial charge in [0.05, 0.1) is 0 Å². The fourth-order valence-electron chi connectivity index (χ4n) is 3.86. The van der Waals surface area contributed by atoms with Crippen LogP contribution in [0, 0.1) is 6.92 Å². The van der Waals surface area contributed by atoms with Gasteiger partial charge in [-0.05, 0) is 46.8 Å². The molecule has 27 heavy (non-hydrogen) atoms. The number of carbonyl (C=O) groups is 1. The molecule has 1 aliphatic rings. The molecule has 0 radical (unpaired) electrons. The molecule has 0 spiro atoms. The zero-order valence-corrected chi connectivity index (χ0v) is 16.8. The minimum Gasteiger partial charge on any atom is -0.342 e. The van der Waals surface area contributed by atoms with E-state index in [9.17, 15) is 4.79 Å². The minimum absolute atomic E-state index is 0.235. The lowest BCUT2D eigenvalue weighted by Crippen LogP contribution is -2.40. The van der Waals surface area contributed by atoms with Gasteiger partial charge < -0.3 is 18.9 Å². The van der Waals surface area contributed by atoms with E-state index in [0.29, 0.717) is 18.9 Å². The van der Waals surface area contributed by atoms with Gasteiger partial charge in [0.15, 0.2) is 0 Å². The number of nitrogens with zero attached hydrogens (tertiary/aromatic N) is 6. The van der Waals surface area contributed by atoms with Crippen molar-refractivity contribution in [2.24, 2.45) is 0 Å². The van der Waals surface area contributed by atoms with Gasteiger partial charge in [0.1, 0.15) is 11.6 Å². The van der Waals surface area contributed by atoms with Crippen LogP contribution >= 0.6 is 0 Å². The molecule has 3 rings (SSSR count). The van der Waals surface area contributed by atoms with Gasteiger partial charge in [-0.15, -0.1) is 0 Å². The fraction of sp³-hybridized carbons (Fsp3) is 0.650. The smallest absolute Gasteiger partial charge is 0.224 e. The van der Waals surface area contributed by atoms with Crippen LogP contribution in [-0.4, -0.2) is 68.5 Å². The number of aryl methyl sites for hydroxylation is 3. The van der Waals surface area contributed by atoms with Crippen molar-refractivity contribution in [2.75, 3.05) is 33.7 Å². The van der Waals surface area contributed by atoms with E-state index in [0.717, 1.165) is 57.1 Å². The van der Waals surface area contributed by atoms with Crippen molar-refractivity contribution in [2.45, 2.75) is 51.6 Å². The minimum atomic E-state index is 0.235. The Morgan fingerprint density at radius 2 is 1.96 bits per heavy atom. The molecule has 0 bridgehead atoms. The Morgan fingerprint density at radius 1 is 1.19 bits per heavy atom. The highest BCUT2D eigenvalue weighted by Crippen LogP contribution is 2.26. The molecule has 2 aromatic heterocycles. The van der Waals surface area contributed by atoms with E-state index in [2.05, 4.69) is 39.7 Å². The van der Waals surface area contributed by atoms with Gasteiger partial charge in [0.25, 0.3) is 0 Å². The third kappa shape index (κ3) is 5.19. The van der Waals surface area contributed by atoms with E-state index in [4.69, 9.17) is 0 Å². The van der Waals surface area contributed by atoms with Crippen LogP contribution in [0.5, 0.6) is 0 Å². The Labute approximate surface area is 162 Å². The summed E-state index contributed by atoms with van der Waals surface area (Å²) in [6.45, 7) is 6.37. The number of rotatable bonds is 8. The Bertz CT molecular complexity index is 734. The average molecular weight is 373 g/mol. The summed E-state index contributed by atoms with van der Waals surface area (Å²) in [5.74, 6) is 2.67. The molecule has 1 saturated heterocycles. The predicted molar refractivity (Wildman–Crippen MR) is 106 cm³/mol. The molecule has 1 aliphatic heterocycles. The largest absolute Gasteiger partial charge is 0.342 e. The molecule has 7 heteroatoms. The third-order valence-corrected chi connectivity index (χ3v) is 5.38. The zero-order valence-electron chi connectivity index (χ0n) is 16.8. The fourth-order valence-corrected chi connectivity index (χ4v) is 3.86. The van der Waals surface area contributed by atoms with E-state index in [1.54, 1.807) is 6.20 Å². The van der Waals surface area contributed by atoms with Crippen LogP contribution in [0.15, 0.2) is 24.8 Å². The van der Waals surface area contributed by atoms with Crippen LogP contribution in [0.1, 0.15) is 43.3 Å². The first kappa shape index (κ1) is 19.6. The van der Waals surface area contributed by atoms with Crippen LogP contribution in [0.3, 0.4) is 0 Å². The molecule has 3 heterocycles. The summed E-state index contributed by atoms with van der Waals surface area (Å²) in [5.41, 5.74) is 0. The van der Waals surface area contributed by atoms with E-state index in [-0.39, 0.29) is 5.91 Å². The molecule has 0 unspecified atom stereocenters. The topological polar surface area (TPSA) is 59.2 Å². The number of hydrogen-bond acceptors (Lipinski definition) is 4. The summed E-state index contributed by atoms with van der Waals surface area (Å²) < 4.78 is 4.31. The SMILES string of the molecule is Cc1nccn1CCC(=O)N1CCC[C@H](c2nccn2CCCN(C)C)C1. The number of amides is 1. The van der Waals surface area contributed by atoms with Gasteiger partial charge in [0, 0.05) is 63.3 Å². The summed E-state index contributed by atoms with van der Waals surface area (Å²) in [4.78, 5) is 25.8. The van der Waals surface area contributed by atoms with Gasteiger partial charge in [-0.1, -0.05) is 0 Å². The Kier molecular flexibility index (Phi) is 6.66. The van der Waals surface area contributed by atoms with Crippen molar-refractivity contribution in [3.63, 3.8) is 0 Å². The van der Waals surface area contributed by atoms with Gasteiger partial charge in [-0.25, -0.2) is 9.97 Å². The molecular formula is C20H32N6O. The third-order valence-electron chi connectivity index (χ3n) is 5.38. The van der Waals surface area contributed by atoms with Crippen LogP contribution in [0.2, 0.25) is 0 Å². The highest BCUT2D eigenvalue weighted by molar-refractivity contribution is 5.76. The monoisotopic (exact) mass is 372 g/mol. The molecule has 7 nitrogen and oxygen atoms in total. The Morgan fingerprint density at radius 3 is 2.70 bits per heavy atom. The predicted octanol–water partition coefficient (Wildman–Crippen LogP) is 2.14. The van der Waals surface area contributed by atoms with Crippen molar-refractivity contribution in [1.29, 1.82) is 0 Å². The second-order valence-electron chi connectivity index (χ2n) is 7.73. The number of imidazole rings is 2. The molecule has 0 N–H and O–H groups in total. The van der Waals surface area contributed by atoms with Gasteiger partial charge in [-0.3, -0.25) is 4.79 Å². The summed E-state index contributed by atoms with van der Waals surface area (Å²) in [7, 11) is 4.20. The molecule has 148 valence electrons. The lowest BCUT2D eigenvalue weighted by atomic mass is 9.96. The second-order valence-corrected chi connectivity index (χ2v) is 7.73. The maximum absolute atomic E-state index is 12.7. The molecule has 2 aromatic rings. The first-order valence-electron chi connectivity index (χ1n) is 9.96. The van der Waals surface area contributed by atoms with Crippen LogP contribution < -0.4 is 0 Å². The molecule has 0 saturated carbocycles. The normalized spacial score (nSPS) is 17.6. The van der Waals surface area contributed by atoms with Crippen LogP contribution in [0.4, 0.5) is 0 Å². The maximum atomic E-state index is 12.7. The van der Waals surface area contributed by atoms with Crippen LogP contribution in [0.25, 0.3) is 0 Å². The van der Waals surface area contributed by atoms with E-state index >= 15 is 0 Å². The number of aromatic nitrogens is 4. The first-order valence-corrected chi connectivity index (χ1v) is 9.96. The number of likely N-dealkylation sites (tertiary alicyclic amines) is 1. The molecule has 0 aliphatic carbocycles. The highest BCUT2D eigenvalue weighted by atomic mass is 16.2. The van der Waals surface area contributed by atoms with E-state index in [1.165, 1.54) is 0 Å². The number of carbonyl (C=O) groups excluding carboxylic acids is 1. The summed E-state index contributed by atoms with van der Waals surface area (Å²) in [6, 6.07) is 0.